The average Bonchev–Trinajstić information content (AvgIpc) is 3.06. The van der Waals surface area contributed by atoms with E-state index >= 15 is 0 Å². The number of anilines is 1. The predicted molar refractivity (Wildman–Crippen MR) is 138 cm³/mol. The van der Waals surface area contributed by atoms with Gasteiger partial charge in [-0.3, -0.25) is 18.9 Å². The first kappa shape index (κ1) is 24.5. The van der Waals surface area contributed by atoms with Crippen LogP contribution in [0.4, 0.5) is 5.82 Å². The van der Waals surface area contributed by atoms with Crippen LogP contribution in [0, 0.1) is 0 Å². The van der Waals surface area contributed by atoms with Crippen molar-refractivity contribution >= 4 is 51.7 Å². The van der Waals surface area contributed by atoms with Gasteiger partial charge in [0.15, 0.2) is 0 Å². The fourth-order valence-corrected chi connectivity index (χ4v) is 4.94. The molecule has 172 valence electrons. The van der Waals surface area contributed by atoms with Crippen LogP contribution in [0.3, 0.4) is 0 Å². The molecule has 0 bridgehead atoms. The molecular weight excluding hydrogens is 440 g/mol. The first-order valence-electron chi connectivity index (χ1n) is 11.6. The number of amides is 1. The van der Waals surface area contributed by atoms with Gasteiger partial charge in [-0.05, 0) is 31.1 Å². The monoisotopic (exact) mass is 472 g/mol. The Bertz CT molecular complexity index is 1050. The van der Waals surface area contributed by atoms with Gasteiger partial charge in [0.2, 0.25) is 0 Å². The van der Waals surface area contributed by atoms with Gasteiger partial charge in [-0.1, -0.05) is 82.4 Å². The lowest BCUT2D eigenvalue weighted by Gasteiger charge is -2.14. The Morgan fingerprint density at radius 2 is 1.81 bits per heavy atom. The second-order valence-corrected chi connectivity index (χ2v) is 9.67. The molecule has 0 aliphatic carbocycles. The highest BCUT2D eigenvalue weighted by atomic mass is 32.2. The van der Waals surface area contributed by atoms with Crippen LogP contribution in [0.1, 0.15) is 70.8 Å². The van der Waals surface area contributed by atoms with Crippen molar-refractivity contribution < 1.29 is 4.79 Å². The Hall–Kier alpha value is -2.19. The Morgan fingerprint density at radius 1 is 1.06 bits per heavy atom. The molecule has 1 saturated heterocycles. The highest BCUT2D eigenvalue weighted by Gasteiger charge is 2.32. The molecule has 0 atom stereocenters. The molecule has 8 heteroatoms. The average molecular weight is 473 g/mol. The van der Waals surface area contributed by atoms with Crippen LogP contribution in [0.2, 0.25) is 0 Å². The first-order chi connectivity index (χ1) is 15.6. The zero-order valence-corrected chi connectivity index (χ0v) is 20.6. The van der Waals surface area contributed by atoms with Gasteiger partial charge in [-0.15, -0.1) is 0 Å². The van der Waals surface area contributed by atoms with E-state index in [4.69, 9.17) is 12.2 Å². The summed E-state index contributed by atoms with van der Waals surface area (Å²) in [5.41, 5.74) is 0.777. The highest BCUT2D eigenvalue weighted by molar-refractivity contribution is 8.26. The van der Waals surface area contributed by atoms with Gasteiger partial charge >= 0.3 is 0 Å². The molecular formula is C24H32N4O2S2. The van der Waals surface area contributed by atoms with Crippen LogP contribution in [0.15, 0.2) is 34.1 Å². The highest BCUT2D eigenvalue weighted by Crippen LogP contribution is 2.33. The molecule has 32 heavy (non-hydrogen) atoms. The van der Waals surface area contributed by atoms with Crippen LogP contribution >= 0.6 is 24.0 Å². The number of carbonyl (C=O) groups is 1. The Kier molecular flexibility index (Phi) is 9.29. The Morgan fingerprint density at radius 3 is 2.59 bits per heavy atom. The lowest BCUT2D eigenvalue weighted by atomic mass is 10.1. The number of hydrogen-bond donors (Lipinski definition) is 1. The second kappa shape index (κ2) is 12.2. The maximum absolute atomic E-state index is 13.2. The molecule has 3 heterocycles. The van der Waals surface area contributed by atoms with Crippen LogP contribution in [0.5, 0.6) is 0 Å². The molecule has 0 saturated carbocycles. The van der Waals surface area contributed by atoms with Gasteiger partial charge in [0.1, 0.15) is 15.8 Å². The second-order valence-electron chi connectivity index (χ2n) is 7.99. The molecule has 0 unspecified atom stereocenters. The molecule has 1 fully saturated rings. The molecule has 0 radical (unpaired) electrons. The van der Waals surface area contributed by atoms with Crippen molar-refractivity contribution in [3.05, 3.63) is 45.2 Å². The summed E-state index contributed by atoms with van der Waals surface area (Å²) in [6, 6.07) is 5.46. The minimum atomic E-state index is -0.196. The number of fused-ring (bicyclic) bond motifs is 1. The summed E-state index contributed by atoms with van der Waals surface area (Å²) < 4.78 is 2.07. The van der Waals surface area contributed by atoms with E-state index in [0.29, 0.717) is 32.8 Å². The zero-order valence-electron chi connectivity index (χ0n) is 18.9. The largest absolute Gasteiger partial charge is 0.369 e. The number of carbonyl (C=O) groups excluding carboxylic acids is 1. The van der Waals surface area contributed by atoms with Crippen molar-refractivity contribution in [1.29, 1.82) is 0 Å². The molecule has 2 aromatic rings. The molecule has 3 rings (SSSR count). The Labute approximate surface area is 199 Å². The molecule has 1 amide bonds. The van der Waals surface area contributed by atoms with Crippen molar-refractivity contribution in [2.45, 2.75) is 65.2 Å². The van der Waals surface area contributed by atoms with Crippen molar-refractivity contribution in [3.8, 4) is 0 Å². The summed E-state index contributed by atoms with van der Waals surface area (Å²) in [6.07, 6.45) is 12.2. The van der Waals surface area contributed by atoms with E-state index in [9.17, 15) is 9.59 Å². The summed E-state index contributed by atoms with van der Waals surface area (Å²) in [6.45, 7) is 5.69. The molecule has 2 aromatic heterocycles. The summed E-state index contributed by atoms with van der Waals surface area (Å²) in [4.78, 5) is 33.1. The summed E-state index contributed by atoms with van der Waals surface area (Å²) >= 11 is 6.73. The summed E-state index contributed by atoms with van der Waals surface area (Å²) in [5.74, 6) is 0.395. The summed E-state index contributed by atoms with van der Waals surface area (Å²) in [5, 5.41) is 3.31. The van der Waals surface area contributed by atoms with Gasteiger partial charge in [-0.25, -0.2) is 4.98 Å². The number of pyridine rings is 1. The molecule has 0 spiro atoms. The van der Waals surface area contributed by atoms with Gasteiger partial charge in [-0.2, -0.15) is 0 Å². The van der Waals surface area contributed by atoms with E-state index in [1.54, 1.807) is 29.3 Å². The minimum absolute atomic E-state index is 0.120. The molecule has 6 nitrogen and oxygen atoms in total. The number of thiocarbonyl (C=S) groups is 1. The Balaban J connectivity index is 1.85. The number of nitrogens with one attached hydrogen (secondary N) is 1. The van der Waals surface area contributed by atoms with Gasteiger partial charge in [0.25, 0.3) is 11.5 Å². The topological polar surface area (TPSA) is 66.7 Å². The van der Waals surface area contributed by atoms with Crippen molar-refractivity contribution in [2.24, 2.45) is 0 Å². The van der Waals surface area contributed by atoms with Crippen LogP contribution < -0.4 is 10.9 Å². The van der Waals surface area contributed by atoms with E-state index in [2.05, 4.69) is 24.1 Å². The number of hydrogen-bond acceptors (Lipinski definition) is 6. The van der Waals surface area contributed by atoms with Gasteiger partial charge < -0.3 is 5.32 Å². The number of nitrogens with zero attached hydrogens (tertiary/aromatic N) is 3. The minimum Gasteiger partial charge on any atom is -0.369 e. The fraction of sp³-hybridized carbons (Fsp3) is 0.500. The van der Waals surface area contributed by atoms with Crippen LogP contribution in [-0.4, -0.2) is 37.6 Å². The standard InChI is InChI=1S/C24H32N4O2S2/c1-3-5-7-8-11-16-28-23(30)19(32-24(28)31)17-18-21(25-14-10-6-4-2)26-20-13-9-12-15-27(20)22(18)29/h9,12-13,15,17,25H,3-8,10-11,14,16H2,1-2H3/b19-17-. The van der Waals surface area contributed by atoms with Crippen LogP contribution in [-0.2, 0) is 4.79 Å². The molecule has 1 aliphatic heterocycles. The third-order valence-corrected chi connectivity index (χ3v) is 6.85. The van der Waals surface area contributed by atoms with Gasteiger partial charge in [0.05, 0.1) is 10.5 Å². The van der Waals surface area contributed by atoms with Crippen molar-refractivity contribution in [2.75, 3.05) is 18.4 Å². The molecule has 1 N–H and O–H groups in total. The first-order valence-corrected chi connectivity index (χ1v) is 12.8. The normalized spacial score (nSPS) is 15.3. The fourth-order valence-electron chi connectivity index (χ4n) is 3.65. The summed E-state index contributed by atoms with van der Waals surface area (Å²) in [7, 11) is 0. The smallest absolute Gasteiger partial charge is 0.267 e. The van der Waals surface area contributed by atoms with E-state index < -0.39 is 0 Å². The number of unbranched alkanes of at least 4 members (excludes halogenated alkanes) is 6. The molecule has 0 aromatic carbocycles. The van der Waals surface area contributed by atoms with Crippen molar-refractivity contribution in [1.82, 2.24) is 14.3 Å². The maximum atomic E-state index is 13.2. The van der Waals surface area contributed by atoms with E-state index in [1.807, 2.05) is 6.07 Å². The van der Waals surface area contributed by atoms with E-state index in [-0.39, 0.29) is 11.5 Å². The maximum Gasteiger partial charge on any atom is 0.267 e. The lowest BCUT2D eigenvalue weighted by Crippen LogP contribution is -2.29. The number of rotatable bonds is 12. The van der Waals surface area contributed by atoms with E-state index in [1.165, 1.54) is 35.4 Å². The van der Waals surface area contributed by atoms with Crippen LogP contribution in [0.25, 0.3) is 11.7 Å². The number of thioether (sulfide) groups is 1. The number of aromatic nitrogens is 2. The third kappa shape index (κ3) is 5.98. The predicted octanol–water partition coefficient (Wildman–Crippen LogP) is 5.47. The SMILES string of the molecule is CCCCCCCN1C(=O)/C(=C/c2c(NCCCCC)nc3ccccn3c2=O)SC1=S. The lowest BCUT2D eigenvalue weighted by molar-refractivity contribution is -0.122. The quantitative estimate of drug-likeness (QED) is 0.251. The van der Waals surface area contributed by atoms with Crippen molar-refractivity contribution in [3.63, 3.8) is 0 Å². The van der Waals surface area contributed by atoms with Gasteiger partial charge in [0, 0.05) is 19.3 Å². The third-order valence-electron chi connectivity index (χ3n) is 5.48. The molecule has 1 aliphatic rings. The van der Waals surface area contributed by atoms with E-state index in [0.717, 1.165) is 38.6 Å². The zero-order chi connectivity index (χ0) is 22.9.